The fourth-order valence-electron chi connectivity index (χ4n) is 2.96. The van der Waals surface area contributed by atoms with Crippen molar-refractivity contribution in [1.29, 1.82) is 0 Å². The smallest absolute Gasteiger partial charge is 0.221 e. The lowest BCUT2D eigenvalue weighted by molar-refractivity contribution is -0.112. The van der Waals surface area contributed by atoms with Crippen LogP contribution in [0.3, 0.4) is 0 Å². The van der Waals surface area contributed by atoms with Crippen LogP contribution in [-0.2, 0) is 17.8 Å². The molecular formula is C20H17N5O. The predicted octanol–water partition coefficient (Wildman–Crippen LogP) is 2.92. The van der Waals surface area contributed by atoms with E-state index in [0.717, 1.165) is 22.4 Å². The van der Waals surface area contributed by atoms with E-state index in [1.165, 1.54) is 0 Å². The summed E-state index contributed by atoms with van der Waals surface area (Å²) in [7, 11) is 0. The number of rotatable bonds is 5. The van der Waals surface area contributed by atoms with Gasteiger partial charge in [-0.25, -0.2) is 4.98 Å². The molecule has 0 amide bonds. The summed E-state index contributed by atoms with van der Waals surface area (Å²) >= 11 is 0. The number of nitrogen functional groups attached to an aromatic ring is 1. The fourth-order valence-corrected chi connectivity index (χ4v) is 2.96. The third kappa shape index (κ3) is 3.30. The number of anilines is 3. The zero-order chi connectivity index (χ0) is 17.9. The molecule has 1 aliphatic heterocycles. The van der Waals surface area contributed by atoms with Gasteiger partial charge in [0, 0.05) is 23.9 Å². The molecule has 2 heterocycles. The summed E-state index contributed by atoms with van der Waals surface area (Å²) in [6, 6.07) is 17.3. The first-order valence-electron chi connectivity index (χ1n) is 8.29. The number of aliphatic imine (C=N–C) groups is 1. The number of aromatic nitrogens is 2. The highest BCUT2D eigenvalue weighted by molar-refractivity contribution is 6.47. The molecule has 0 saturated carbocycles. The summed E-state index contributed by atoms with van der Waals surface area (Å²) in [5.41, 5.74) is 9.88. The molecule has 0 radical (unpaired) electrons. The predicted molar refractivity (Wildman–Crippen MR) is 102 cm³/mol. The van der Waals surface area contributed by atoms with Crippen LogP contribution in [-0.4, -0.2) is 21.5 Å². The summed E-state index contributed by atoms with van der Waals surface area (Å²) in [6.07, 6.45) is 1.94. The second kappa shape index (κ2) is 6.76. The van der Waals surface area contributed by atoms with E-state index >= 15 is 0 Å². The number of hydrogen-bond acceptors (Lipinski definition) is 6. The second-order valence-electron chi connectivity index (χ2n) is 6.05. The van der Waals surface area contributed by atoms with Crippen molar-refractivity contribution in [3.8, 4) is 0 Å². The molecular weight excluding hydrogens is 326 g/mol. The lowest BCUT2D eigenvalue weighted by Crippen LogP contribution is -2.16. The van der Waals surface area contributed by atoms with Gasteiger partial charge in [0.15, 0.2) is 5.78 Å². The average molecular weight is 343 g/mol. The van der Waals surface area contributed by atoms with Gasteiger partial charge in [0.05, 0.1) is 6.54 Å². The maximum atomic E-state index is 12.7. The van der Waals surface area contributed by atoms with Gasteiger partial charge in [-0.05, 0) is 29.3 Å². The molecule has 128 valence electrons. The van der Waals surface area contributed by atoms with Crippen LogP contribution in [0.25, 0.3) is 0 Å². The summed E-state index contributed by atoms with van der Waals surface area (Å²) in [5, 5.41) is 3.19. The molecule has 1 aromatic heterocycles. The highest BCUT2D eigenvalue weighted by Gasteiger charge is 2.22. The van der Waals surface area contributed by atoms with Crippen molar-refractivity contribution in [2.45, 2.75) is 13.0 Å². The Labute approximate surface area is 150 Å². The van der Waals surface area contributed by atoms with Gasteiger partial charge in [0.2, 0.25) is 5.95 Å². The largest absolute Gasteiger partial charge is 0.368 e. The molecule has 4 rings (SSSR count). The van der Waals surface area contributed by atoms with E-state index in [0.29, 0.717) is 24.5 Å². The first-order chi connectivity index (χ1) is 12.7. The Morgan fingerprint density at radius 3 is 2.77 bits per heavy atom. The molecule has 3 aromatic rings. The summed E-state index contributed by atoms with van der Waals surface area (Å²) < 4.78 is 0. The van der Waals surface area contributed by atoms with Crippen molar-refractivity contribution in [2.75, 3.05) is 11.1 Å². The molecule has 0 atom stereocenters. The average Bonchev–Trinajstić information content (AvgIpc) is 3.06. The Bertz CT molecular complexity index is 998. The summed E-state index contributed by atoms with van der Waals surface area (Å²) in [6.45, 7) is 0.534. The third-order valence-electron chi connectivity index (χ3n) is 4.19. The molecule has 0 spiro atoms. The van der Waals surface area contributed by atoms with E-state index in [-0.39, 0.29) is 11.7 Å². The van der Waals surface area contributed by atoms with Crippen LogP contribution in [0.15, 0.2) is 65.8 Å². The normalized spacial score (nSPS) is 12.4. The quantitative estimate of drug-likeness (QED) is 0.743. The molecule has 0 saturated heterocycles. The summed E-state index contributed by atoms with van der Waals surface area (Å²) in [4.78, 5) is 25.2. The van der Waals surface area contributed by atoms with Gasteiger partial charge in [-0.1, -0.05) is 36.4 Å². The SMILES string of the molecule is Nc1nccc(Nc2ccc3c(c2)C(C(=O)Cc2ccccc2)=NC3)n1. The van der Waals surface area contributed by atoms with Crippen LogP contribution >= 0.6 is 0 Å². The minimum atomic E-state index is 0.0263. The standard InChI is InChI=1S/C20H17N5O/c21-20-22-9-8-18(25-20)24-15-7-6-14-12-23-19(16(14)11-15)17(26)10-13-4-2-1-3-5-13/h1-9,11H,10,12H2,(H3,21,22,24,25). The minimum Gasteiger partial charge on any atom is -0.368 e. The van der Waals surface area contributed by atoms with Crippen LogP contribution in [0.2, 0.25) is 0 Å². The number of carbonyl (C=O) groups is 1. The molecule has 1 aliphatic rings. The molecule has 0 aliphatic carbocycles. The molecule has 0 fully saturated rings. The number of fused-ring (bicyclic) bond motifs is 1. The molecule has 0 bridgehead atoms. The number of Topliss-reactive ketones (excluding diaryl/α,β-unsaturated/α-hetero) is 1. The molecule has 6 nitrogen and oxygen atoms in total. The second-order valence-corrected chi connectivity index (χ2v) is 6.05. The minimum absolute atomic E-state index is 0.0263. The number of ketones is 1. The lowest BCUT2D eigenvalue weighted by Gasteiger charge is -2.09. The van der Waals surface area contributed by atoms with Crippen molar-refractivity contribution in [3.05, 3.63) is 77.5 Å². The van der Waals surface area contributed by atoms with Crippen molar-refractivity contribution >= 4 is 28.9 Å². The maximum Gasteiger partial charge on any atom is 0.221 e. The number of carbonyl (C=O) groups excluding carboxylic acids is 1. The van der Waals surface area contributed by atoms with E-state index < -0.39 is 0 Å². The van der Waals surface area contributed by atoms with E-state index in [9.17, 15) is 4.79 Å². The number of hydrogen-bond donors (Lipinski definition) is 2. The van der Waals surface area contributed by atoms with Crippen LogP contribution in [0.4, 0.5) is 17.5 Å². The first kappa shape index (κ1) is 16.0. The molecule has 3 N–H and O–H groups in total. The van der Waals surface area contributed by atoms with Crippen molar-refractivity contribution in [2.24, 2.45) is 4.99 Å². The Kier molecular flexibility index (Phi) is 4.15. The van der Waals surface area contributed by atoms with Crippen LogP contribution in [0.5, 0.6) is 0 Å². The van der Waals surface area contributed by atoms with Gasteiger partial charge in [-0.15, -0.1) is 0 Å². The van der Waals surface area contributed by atoms with Crippen LogP contribution < -0.4 is 11.1 Å². The molecule has 2 aromatic carbocycles. The van der Waals surface area contributed by atoms with Crippen molar-refractivity contribution in [3.63, 3.8) is 0 Å². The van der Waals surface area contributed by atoms with Crippen molar-refractivity contribution in [1.82, 2.24) is 9.97 Å². The van der Waals surface area contributed by atoms with Gasteiger partial charge in [0.1, 0.15) is 11.5 Å². The highest BCUT2D eigenvalue weighted by atomic mass is 16.1. The lowest BCUT2D eigenvalue weighted by atomic mass is 9.98. The van der Waals surface area contributed by atoms with Gasteiger partial charge in [-0.3, -0.25) is 9.79 Å². The first-order valence-corrected chi connectivity index (χ1v) is 8.29. The van der Waals surface area contributed by atoms with Crippen molar-refractivity contribution < 1.29 is 4.79 Å². The number of nitrogens with zero attached hydrogens (tertiary/aromatic N) is 3. The number of nitrogens with two attached hydrogens (primary N) is 1. The highest BCUT2D eigenvalue weighted by Crippen LogP contribution is 2.25. The Hall–Kier alpha value is -3.54. The van der Waals surface area contributed by atoms with E-state index in [1.807, 2.05) is 48.5 Å². The molecule has 6 heteroatoms. The zero-order valence-electron chi connectivity index (χ0n) is 14.0. The topological polar surface area (TPSA) is 93.3 Å². The Morgan fingerprint density at radius 1 is 1.12 bits per heavy atom. The maximum absolute atomic E-state index is 12.7. The van der Waals surface area contributed by atoms with E-state index in [2.05, 4.69) is 20.3 Å². The Morgan fingerprint density at radius 2 is 1.96 bits per heavy atom. The monoisotopic (exact) mass is 343 g/mol. The van der Waals surface area contributed by atoms with Gasteiger partial charge in [0.25, 0.3) is 0 Å². The van der Waals surface area contributed by atoms with Gasteiger partial charge < -0.3 is 11.1 Å². The fraction of sp³-hybridized carbons (Fsp3) is 0.100. The van der Waals surface area contributed by atoms with E-state index in [1.54, 1.807) is 12.3 Å². The summed E-state index contributed by atoms with van der Waals surface area (Å²) in [5.74, 6) is 0.833. The third-order valence-corrected chi connectivity index (χ3v) is 4.19. The van der Waals surface area contributed by atoms with Crippen LogP contribution in [0, 0.1) is 0 Å². The van der Waals surface area contributed by atoms with Gasteiger partial charge >= 0.3 is 0 Å². The number of benzene rings is 2. The molecule has 26 heavy (non-hydrogen) atoms. The van der Waals surface area contributed by atoms with Crippen LogP contribution in [0.1, 0.15) is 16.7 Å². The molecule has 0 unspecified atom stereocenters. The zero-order valence-corrected chi connectivity index (χ0v) is 14.0. The number of nitrogens with one attached hydrogen (secondary N) is 1. The van der Waals surface area contributed by atoms with Gasteiger partial charge in [-0.2, -0.15) is 4.98 Å². The van der Waals surface area contributed by atoms with E-state index in [4.69, 9.17) is 5.73 Å². The Balaban J connectivity index is 1.56.